The molecule has 1 aliphatic carbocycles. The van der Waals surface area contributed by atoms with Crippen molar-refractivity contribution >= 4 is 0 Å². The molecule has 2 rings (SSSR count). The van der Waals surface area contributed by atoms with Crippen molar-refractivity contribution in [1.29, 1.82) is 0 Å². The second-order valence-electron chi connectivity index (χ2n) is 5.63. The predicted molar refractivity (Wildman–Crippen MR) is 66.4 cm³/mol. The van der Waals surface area contributed by atoms with Crippen LogP contribution >= 0.6 is 0 Å². The van der Waals surface area contributed by atoms with Gasteiger partial charge in [0.2, 0.25) is 0 Å². The number of hydrogen-bond donors (Lipinski definition) is 2. The molecule has 1 aliphatic rings. The van der Waals surface area contributed by atoms with Crippen molar-refractivity contribution in [1.82, 2.24) is 0 Å². The van der Waals surface area contributed by atoms with Gasteiger partial charge in [-0.2, -0.15) is 0 Å². The van der Waals surface area contributed by atoms with Crippen molar-refractivity contribution in [2.75, 3.05) is 6.54 Å². The fourth-order valence-electron chi connectivity index (χ4n) is 2.39. The number of hydrogen-bond acceptors (Lipinski definition) is 2. The van der Waals surface area contributed by atoms with Gasteiger partial charge in [0, 0.05) is 18.4 Å². The standard InChI is InChI=1S/C14H21NO/c1-13(2,16)9-11-5-3-4-6-12(11)14(10-15)7-8-14/h3-6,16H,7-10,15H2,1-2H3. The molecule has 0 heterocycles. The van der Waals surface area contributed by atoms with Gasteiger partial charge < -0.3 is 10.8 Å². The van der Waals surface area contributed by atoms with E-state index in [1.54, 1.807) is 0 Å². The van der Waals surface area contributed by atoms with Gasteiger partial charge in [0.1, 0.15) is 0 Å². The molecule has 2 nitrogen and oxygen atoms in total. The summed E-state index contributed by atoms with van der Waals surface area (Å²) >= 11 is 0. The van der Waals surface area contributed by atoms with Crippen molar-refractivity contribution in [2.45, 2.75) is 44.1 Å². The van der Waals surface area contributed by atoms with Gasteiger partial charge >= 0.3 is 0 Å². The Hall–Kier alpha value is -0.860. The van der Waals surface area contributed by atoms with Crippen LogP contribution in [0, 0.1) is 0 Å². The molecule has 0 amide bonds. The van der Waals surface area contributed by atoms with Crippen LogP contribution < -0.4 is 5.73 Å². The molecule has 1 fully saturated rings. The lowest BCUT2D eigenvalue weighted by Crippen LogP contribution is -2.26. The smallest absolute Gasteiger partial charge is 0.0632 e. The molecule has 0 atom stereocenters. The zero-order valence-electron chi connectivity index (χ0n) is 10.2. The van der Waals surface area contributed by atoms with Crippen molar-refractivity contribution in [3.05, 3.63) is 35.4 Å². The topological polar surface area (TPSA) is 46.2 Å². The van der Waals surface area contributed by atoms with Crippen molar-refractivity contribution in [2.24, 2.45) is 5.73 Å². The van der Waals surface area contributed by atoms with Gasteiger partial charge in [-0.1, -0.05) is 24.3 Å². The maximum Gasteiger partial charge on any atom is 0.0632 e. The minimum atomic E-state index is -0.652. The van der Waals surface area contributed by atoms with Gasteiger partial charge in [0.25, 0.3) is 0 Å². The summed E-state index contributed by atoms with van der Waals surface area (Å²) in [5.74, 6) is 0. The molecule has 3 N–H and O–H groups in total. The molecular formula is C14H21NO. The maximum atomic E-state index is 9.92. The molecule has 0 saturated heterocycles. The fraction of sp³-hybridized carbons (Fsp3) is 0.571. The van der Waals surface area contributed by atoms with E-state index in [0.29, 0.717) is 6.42 Å². The molecule has 0 aliphatic heterocycles. The Morgan fingerprint density at radius 2 is 1.94 bits per heavy atom. The van der Waals surface area contributed by atoms with E-state index in [2.05, 4.69) is 18.2 Å². The Labute approximate surface area is 97.5 Å². The van der Waals surface area contributed by atoms with Crippen LogP contribution in [0.1, 0.15) is 37.8 Å². The highest BCUT2D eigenvalue weighted by Crippen LogP contribution is 2.48. The van der Waals surface area contributed by atoms with Crippen LogP contribution in [0.4, 0.5) is 0 Å². The molecule has 0 spiro atoms. The first-order valence-corrected chi connectivity index (χ1v) is 5.98. The molecule has 1 aromatic carbocycles. The van der Waals surface area contributed by atoms with E-state index in [4.69, 9.17) is 5.73 Å². The molecule has 0 radical (unpaired) electrons. The molecule has 88 valence electrons. The van der Waals surface area contributed by atoms with Crippen LogP contribution in [0.3, 0.4) is 0 Å². The number of aliphatic hydroxyl groups is 1. The minimum absolute atomic E-state index is 0.210. The molecule has 0 unspecified atom stereocenters. The third-order valence-corrected chi connectivity index (χ3v) is 3.46. The zero-order valence-corrected chi connectivity index (χ0v) is 10.2. The monoisotopic (exact) mass is 219 g/mol. The predicted octanol–water partition coefficient (Wildman–Crippen LogP) is 1.99. The van der Waals surface area contributed by atoms with E-state index in [1.165, 1.54) is 24.0 Å². The zero-order chi connectivity index (χ0) is 11.8. The van der Waals surface area contributed by atoms with Gasteiger partial charge in [-0.25, -0.2) is 0 Å². The van der Waals surface area contributed by atoms with Crippen LogP contribution in [-0.4, -0.2) is 17.3 Å². The van der Waals surface area contributed by atoms with Gasteiger partial charge in [-0.05, 0) is 37.8 Å². The van der Waals surface area contributed by atoms with E-state index in [0.717, 1.165) is 6.54 Å². The van der Waals surface area contributed by atoms with Crippen molar-refractivity contribution in [3.63, 3.8) is 0 Å². The van der Waals surface area contributed by atoms with E-state index >= 15 is 0 Å². The average Bonchev–Trinajstić information content (AvgIpc) is 2.97. The second-order valence-corrected chi connectivity index (χ2v) is 5.63. The van der Waals surface area contributed by atoms with E-state index < -0.39 is 5.60 Å². The second kappa shape index (κ2) is 3.86. The molecule has 2 heteroatoms. The number of rotatable bonds is 4. The molecule has 16 heavy (non-hydrogen) atoms. The summed E-state index contributed by atoms with van der Waals surface area (Å²) in [6.07, 6.45) is 3.07. The van der Waals surface area contributed by atoms with Gasteiger partial charge in [0.05, 0.1) is 5.60 Å². The highest BCUT2D eigenvalue weighted by Gasteiger charge is 2.44. The van der Waals surface area contributed by atoms with Crippen LogP contribution in [0.15, 0.2) is 24.3 Å². The summed E-state index contributed by atoms with van der Waals surface area (Å²) in [5.41, 5.74) is 8.02. The summed E-state index contributed by atoms with van der Waals surface area (Å²) in [4.78, 5) is 0. The van der Waals surface area contributed by atoms with Gasteiger partial charge in [0.15, 0.2) is 0 Å². The molecular weight excluding hydrogens is 198 g/mol. The third-order valence-electron chi connectivity index (χ3n) is 3.46. The lowest BCUT2D eigenvalue weighted by molar-refractivity contribution is 0.0806. The van der Waals surface area contributed by atoms with E-state index in [-0.39, 0.29) is 5.41 Å². The van der Waals surface area contributed by atoms with Crippen LogP contribution in [-0.2, 0) is 11.8 Å². The van der Waals surface area contributed by atoms with Crippen LogP contribution in [0.2, 0.25) is 0 Å². The lowest BCUT2D eigenvalue weighted by Gasteiger charge is -2.23. The largest absolute Gasteiger partial charge is 0.390 e. The molecule has 1 aromatic rings. The maximum absolute atomic E-state index is 9.92. The van der Waals surface area contributed by atoms with Crippen molar-refractivity contribution in [3.8, 4) is 0 Å². The summed E-state index contributed by atoms with van der Waals surface area (Å²) < 4.78 is 0. The Bertz CT molecular complexity index is 375. The van der Waals surface area contributed by atoms with E-state index in [1.807, 2.05) is 19.9 Å². The molecule has 0 aromatic heterocycles. The summed E-state index contributed by atoms with van der Waals surface area (Å²) in [7, 11) is 0. The Kier molecular flexibility index (Phi) is 2.81. The van der Waals surface area contributed by atoms with Gasteiger partial charge in [-0.3, -0.25) is 0 Å². The SMILES string of the molecule is CC(C)(O)Cc1ccccc1C1(CN)CC1. The highest BCUT2D eigenvalue weighted by molar-refractivity contribution is 5.39. The first kappa shape index (κ1) is 11.6. The number of nitrogens with two attached hydrogens (primary N) is 1. The van der Waals surface area contributed by atoms with E-state index in [9.17, 15) is 5.11 Å². The normalized spacial score (nSPS) is 18.5. The third kappa shape index (κ3) is 2.28. The Morgan fingerprint density at radius 1 is 1.31 bits per heavy atom. The lowest BCUT2D eigenvalue weighted by atomic mass is 9.86. The first-order chi connectivity index (χ1) is 7.47. The average molecular weight is 219 g/mol. The number of benzene rings is 1. The summed E-state index contributed by atoms with van der Waals surface area (Å²) in [5, 5.41) is 9.92. The quantitative estimate of drug-likeness (QED) is 0.813. The Morgan fingerprint density at radius 3 is 2.44 bits per heavy atom. The highest BCUT2D eigenvalue weighted by atomic mass is 16.3. The summed E-state index contributed by atoms with van der Waals surface area (Å²) in [6, 6.07) is 8.39. The van der Waals surface area contributed by atoms with Crippen LogP contribution in [0.5, 0.6) is 0 Å². The fourth-order valence-corrected chi connectivity index (χ4v) is 2.39. The van der Waals surface area contributed by atoms with Crippen LogP contribution in [0.25, 0.3) is 0 Å². The molecule has 0 bridgehead atoms. The minimum Gasteiger partial charge on any atom is -0.390 e. The first-order valence-electron chi connectivity index (χ1n) is 5.98. The van der Waals surface area contributed by atoms with Gasteiger partial charge in [-0.15, -0.1) is 0 Å². The molecule has 1 saturated carbocycles. The van der Waals surface area contributed by atoms with Crippen molar-refractivity contribution < 1.29 is 5.11 Å². The summed E-state index contributed by atoms with van der Waals surface area (Å²) in [6.45, 7) is 4.42. The Balaban J connectivity index is 2.32.